The second-order valence-electron chi connectivity index (χ2n) is 3.19. The van der Waals surface area contributed by atoms with Crippen molar-refractivity contribution in [1.82, 2.24) is 0 Å². The lowest BCUT2D eigenvalue weighted by Gasteiger charge is -2.27. The minimum Gasteiger partial charge on any atom is -0.299 e. The van der Waals surface area contributed by atoms with Crippen LogP contribution in [0.1, 0.15) is 40.9 Å². The molecule has 0 aromatic heterocycles. The number of carbonyl (C=O) groups excluding carboxylic acids is 1. The van der Waals surface area contributed by atoms with E-state index >= 15 is 0 Å². The molecule has 1 saturated carbocycles. The van der Waals surface area contributed by atoms with Crippen LogP contribution in [0.2, 0.25) is 0 Å². The summed E-state index contributed by atoms with van der Waals surface area (Å²) in [4.78, 5) is 11.2. The Hall–Kier alpha value is -0.330. The predicted octanol–water partition coefficient (Wildman–Crippen LogP) is 2.16. The zero-order valence-electron chi connectivity index (χ0n) is 6.94. The molecule has 1 aliphatic carbocycles. The number of rotatable bonds is 0. The second kappa shape index (κ2) is 2.13. The Morgan fingerprint density at radius 3 is 2.89 bits per heavy atom. The van der Waals surface area contributed by atoms with Crippen molar-refractivity contribution in [2.75, 3.05) is 0 Å². The quantitative estimate of drug-likeness (QED) is 0.487. The monoisotopic (exact) mass is 127 g/mol. The molecular formula is C8H14O. The minimum absolute atomic E-state index is 0.270. The zero-order chi connectivity index (χ0) is 7.61. The summed E-state index contributed by atoms with van der Waals surface area (Å²) >= 11 is 0. The lowest BCUT2D eigenvalue weighted by molar-refractivity contribution is -0.129. The molecule has 1 atom stereocenters. The van der Waals surface area contributed by atoms with E-state index in [-0.39, 0.29) is 12.3 Å². The summed E-state index contributed by atoms with van der Waals surface area (Å²) in [6.45, 7) is 2.19. The third-order valence-electron chi connectivity index (χ3n) is 2.06. The van der Waals surface area contributed by atoms with E-state index in [9.17, 15) is 4.79 Å². The topological polar surface area (TPSA) is 17.1 Å². The highest BCUT2D eigenvalue weighted by Crippen LogP contribution is 2.31. The summed E-state index contributed by atoms with van der Waals surface area (Å²) in [5.74, 6) is 0.300. The summed E-state index contributed by atoms with van der Waals surface area (Å²) in [6, 6.07) is 0. The first-order valence-corrected chi connectivity index (χ1v) is 3.51. The molecule has 0 aromatic carbocycles. The molecule has 1 rings (SSSR count). The molecule has 0 radical (unpaired) electrons. The van der Waals surface area contributed by atoms with Crippen molar-refractivity contribution in [2.24, 2.45) is 5.41 Å². The van der Waals surface area contributed by atoms with Gasteiger partial charge in [-0.3, -0.25) is 4.79 Å². The Balaban J connectivity index is 2.63. The summed E-state index contributed by atoms with van der Waals surface area (Å²) in [5.41, 5.74) is -0.293. The lowest BCUT2D eigenvalue weighted by Crippen LogP contribution is -2.27. The summed E-state index contributed by atoms with van der Waals surface area (Å²) in [6.07, 6.45) is 3.79. The highest BCUT2D eigenvalue weighted by atomic mass is 16.1. The van der Waals surface area contributed by atoms with E-state index in [1.54, 1.807) is 0 Å². The molecule has 52 valence electrons. The van der Waals surface area contributed by atoms with E-state index in [0.29, 0.717) is 12.2 Å². The van der Waals surface area contributed by atoms with E-state index < -0.39 is 0 Å². The van der Waals surface area contributed by atoms with Gasteiger partial charge in [-0.2, -0.15) is 0 Å². The van der Waals surface area contributed by atoms with Crippen molar-refractivity contribution >= 4 is 5.78 Å². The van der Waals surface area contributed by atoms with Gasteiger partial charge in [-0.05, 0) is 12.8 Å². The minimum atomic E-state index is -0.293. The molecule has 0 spiro atoms. The average molecular weight is 127 g/mol. The Morgan fingerprint density at radius 2 is 2.44 bits per heavy atom. The third kappa shape index (κ3) is 1.32. The first-order chi connectivity index (χ1) is 4.69. The van der Waals surface area contributed by atoms with E-state index in [0.717, 1.165) is 19.3 Å². The number of ketones is 1. The summed E-state index contributed by atoms with van der Waals surface area (Å²) in [7, 11) is 0. The highest BCUT2D eigenvalue weighted by molar-refractivity contribution is 5.84. The van der Waals surface area contributed by atoms with Crippen LogP contribution < -0.4 is 0 Å². The molecule has 0 aromatic rings. The van der Waals surface area contributed by atoms with Gasteiger partial charge in [0.2, 0.25) is 0 Å². The van der Waals surface area contributed by atoms with Gasteiger partial charge in [0.05, 0.1) is 0 Å². The van der Waals surface area contributed by atoms with Crippen LogP contribution in [0.3, 0.4) is 0 Å². The van der Waals surface area contributed by atoms with Crippen LogP contribution in [-0.4, -0.2) is 5.78 Å². The number of carbonyl (C=O) groups is 1. The van der Waals surface area contributed by atoms with Gasteiger partial charge in [0, 0.05) is 13.2 Å². The van der Waals surface area contributed by atoms with Crippen molar-refractivity contribution in [3.8, 4) is 0 Å². The Labute approximate surface area is 57.9 Å². The fourth-order valence-corrected chi connectivity index (χ4v) is 1.24. The van der Waals surface area contributed by atoms with Gasteiger partial charge >= 0.3 is 0 Å². The summed E-state index contributed by atoms with van der Waals surface area (Å²) in [5, 5.41) is 0. The molecule has 1 fully saturated rings. The molecule has 1 unspecified atom stereocenters. The molecule has 9 heavy (non-hydrogen) atoms. The first-order valence-electron chi connectivity index (χ1n) is 4.22. The Bertz CT molecular complexity index is 144. The molecule has 0 N–H and O–H groups in total. The second-order valence-corrected chi connectivity index (χ2v) is 3.19. The molecule has 0 aliphatic heterocycles. The van der Waals surface area contributed by atoms with Crippen molar-refractivity contribution in [3.63, 3.8) is 0 Å². The van der Waals surface area contributed by atoms with Crippen molar-refractivity contribution in [2.45, 2.75) is 39.5 Å². The maximum absolute atomic E-state index is 11.2. The highest BCUT2D eigenvalue weighted by Gasteiger charge is 2.29. The maximum atomic E-state index is 11.2. The zero-order valence-corrected chi connectivity index (χ0v) is 5.94. The lowest BCUT2D eigenvalue weighted by atomic mass is 9.76. The molecular weight excluding hydrogens is 112 g/mol. The molecule has 0 amide bonds. The van der Waals surface area contributed by atoms with Gasteiger partial charge in [0.1, 0.15) is 5.78 Å². The van der Waals surface area contributed by atoms with Crippen LogP contribution >= 0.6 is 0 Å². The van der Waals surface area contributed by atoms with Crippen molar-refractivity contribution in [3.05, 3.63) is 0 Å². The van der Waals surface area contributed by atoms with E-state index in [1.165, 1.54) is 0 Å². The van der Waals surface area contributed by atoms with Gasteiger partial charge < -0.3 is 0 Å². The van der Waals surface area contributed by atoms with Crippen LogP contribution in [0.15, 0.2) is 0 Å². The average Bonchev–Trinajstić information content (AvgIpc) is 1.96. The van der Waals surface area contributed by atoms with Gasteiger partial charge in [0.25, 0.3) is 0 Å². The summed E-state index contributed by atoms with van der Waals surface area (Å²) < 4.78 is 7.20. The van der Waals surface area contributed by atoms with E-state index in [2.05, 4.69) is 0 Å². The number of Topliss-reactive ketones (excluding diaryl/α,β-unsaturated/α-hetero) is 1. The van der Waals surface area contributed by atoms with Crippen LogP contribution in [0.25, 0.3) is 0 Å². The van der Waals surface area contributed by atoms with Crippen LogP contribution in [0.4, 0.5) is 0 Å². The van der Waals surface area contributed by atoms with Crippen LogP contribution in [0, 0.1) is 5.41 Å². The van der Waals surface area contributed by atoms with Crippen LogP contribution in [0.5, 0.6) is 0 Å². The van der Waals surface area contributed by atoms with Gasteiger partial charge in [-0.15, -0.1) is 0 Å². The fourth-order valence-electron chi connectivity index (χ4n) is 1.24. The van der Waals surface area contributed by atoms with Crippen molar-refractivity contribution in [1.29, 1.82) is 0 Å². The maximum Gasteiger partial charge on any atom is 0.138 e. The Kier molecular flexibility index (Phi) is 1.29. The normalized spacial score (nSPS) is 38.3. The van der Waals surface area contributed by atoms with E-state index in [1.807, 2.05) is 6.92 Å². The van der Waals surface area contributed by atoms with Crippen LogP contribution in [-0.2, 0) is 4.79 Å². The third-order valence-corrected chi connectivity index (χ3v) is 2.06. The van der Waals surface area contributed by atoms with Crippen molar-refractivity contribution < 1.29 is 6.17 Å². The molecule has 1 heteroatoms. The largest absolute Gasteiger partial charge is 0.299 e. The van der Waals surface area contributed by atoms with Gasteiger partial charge in [-0.1, -0.05) is 20.2 Å². The number of hydrogen-bond acceptors (Lipinski definition) is 1. The molecule has 0 saturated heterocycles. The predicted molar refractivity (Wildman–Crippen MR) is 37.3 cm³/mol. The molecule has 1 aliphatic rings. The number of hydrogen-bond donors (Lipinski definition) is 0. The molecule has 0 bridgehead atoms. The Morgan fingerprint density at radius 1 is 1.67 bits per heavy atom. The van der Waals surface area contributed by atoms with Gasteiger partial charge in [0.15, 0.2) is 0 Å². The molecule has 0 heterocycles. The standard InChI is InChI=1S/C8H14O/c1-8(2)6-4-3-5-7(8)9/h3-6H2,1-2H3/i1D. The fraction of sp³-hybridized carbons (Fsp3) is 0.875. The van der Waals surface area contributed by atoms with E-state index in [4.69, 9.17) is 1.37 Å². The smallest absolute Gasteiger partial charge is 0.138 e. The SMILES string of the molecule is [2H]CC1(C)CCCCC1=O. The first kappa shape index (κ1) is 5.45. The molecule has 1 nitrogen and oxygen atoms in total. The van der Waals surface area contributed by atoms with Gasteiger partial charge in [-0.25, -0.2) is 0 Å².